The number of likely N-dealkylation sites (N-methyl/N-ethyl adjacent to an activating group) is 1. The number of hydrogen-bond donors (Lipinski definition) is 1. The van der Waals surface area contributed by atoms with Gasteiger partial charge in [-0.15, -0.1) is 0 Å². The lowest BCUT2D eigenvalue weighted by molar-refractivity contribution is -0.138. The van der Waals surface area contributed by atoms with Crippen molar-refractivity contribution in [2.75, 3.05) is 27.3 Å². The average molecular weight is 229 g/mol. The minimum Gasteiger partial charge on any atom is -0.466 e. The molecule has 0 rings (SSSR count). The van der Waals surface area contributed by atoms with Crippen LogP contribution in [0.1, 0.15) is 6.92 Å². The highest BCUT2D eigenvalue weighted by atomic mass is 16.5. The molecule has 1 N–H and O–H groups in total. The molecule has 0 unspecified atom stereocenters. The van der Waals surface area contributed by atoms with E-state index in [2.05, 4.69) is 23.2 Å². The van der Waals surface area contributed by atoms with E-state index in [-0.39, 0.29) is 5.97 Å². The first-order valence-corrected chi connectivity index (χ1v) is 4.67. The van der Waals surface area contributed by atoms with Crippen LogP contribution in [0.5, 0.6) is 0 Å². The fraction of sp³-hybridized carbons (Fsp3) is 0.455. The molecule has 0 aliphatic heterocycles. The molecule has 0 atom stereocenters. The van der Waals surface area contributed by atoms with Crippen molar-refractivity contribution in [3.63, 3.8) is 0 Å². The van der Waals surface area contributed by atoms with E-state index < -0.39 is 5.97 Å². The molecule has 0 aromatic carbocycles. The normalized spacial score (nSPS) is 8.19. The number of methoxy groups -OCH3 is 1. The minimum absolute atomic E-state index is 0.324. The zero-order chi connectivity index (χ0) is 13.0. The van der Waals surface area contributed by atoms with Gasteiger partial charge in [0.05, 0.1) is 7.11 Å². The summed E-state index contributed by atoms with van der Waals surface area (Å²) in [5.41, 5.74) is 0.441. The first kappa shape index (κ1) is 16.8. The summed E-state index contributed by atoms with van der Waals surface area (Å²) in [6, 6.07) is 0. The zero-order valence-corrected chi connectivity index (χ0v) is 10.0. The van der Waals surface area contributed by atoms with Crippen LogP contribution in [0.2, 0.25) is 0 Å². The summed E-state index contributed by atoms with van der Waals surface area (Å²) in [4.78, 5) is 20.5. The number of rotatable bonds is 5. The highest BCUT2D eigenvalue weighted by Crippen LogP contribution is 1.89. The Hall–Kier alpha value is -1.62. The highest BCUT2D eigenvalue weighted by molar-refractivity contribution is 5.86. The second-order valence-electron chi connectivity index (χ2n) is 2.75. The Kier molecular flexibility index (Phi) is 12.0. The van der Waals surface area contributed by atoms with Crippen molar-refractivity contribution >= 4 is 11.9 Å². The molecule has 5 heteroatoms. The first-order valence-electron chi connectivity index (χ1n) is 4.67. The van der Waals surface area contributed by atoms with E-state index in [1.165, 1.54) is 7.11 Å². The van der Waals surface area contributed by atoms with Gasteiger partial charge in [0.15, 0.2) is 0 Å². The lowest BCUT2D eigenvalue weighted by atomic mass is 10.4. The van der Waals surface area contributed by atoms with E-state index in [9.17, 15) is 9.59 Å². The van der Waals surface area contributed by atoms with Crippen LogP contribution in [-0.4, -0.2) is 39.2 Å². The van der Waals surface area contributed by atoms with E-state index >= 15 is 0 Å². The lowest BCUT2D eigenvalue weighted by Gasteiger charge is -2.01. The Morgan fingerprint density at radius 1 is 1.44 bits per heavy atom. The van der Waals surface area contributed by atoms with Crippen LogP contribution in [-0.2, 0) is 19.1 Å². The van der Waals surface area contributed by atoms with Crippen molar-refractivity contribution in [1.29, 1.82) is 0 Å². The third-order valence-corrected chi connectivity index (χ3v) is 1.30. The Morgan fingerprint density at radius 2 is 2.00 bits per heavy atom. The standard InChI is InChI=1S/C7H13NO2.C4H6O2/c1-6(2)7(9)10-5-4-8-3;1-3-4(5)6-2/h8H,1,4-5H2,2-3H3;3H,1H2,2H3. The van der Waals surface area contributed by atoms with Gasteiger partial charge in [-0.2, -0.15) is 0 Å². The van der Waals surface area contributed by atoms with Gasteiger partial charge in [0, 0.05) is 18.2 Å². The predicted molar refractivity (Wildman–Crippen MR) is 61.9 cm³/mol. The van der Waals surface area contributed by atoms with Crippen LogP contribution in [0.25, 0.3) is 0 Å². The molecule has 0 aromatic rings. The van der Waals surface area contributed by atoms with Crippen molar-refractivity contribution in [2.24, 2.45) is 0 Å². The van der Waals surface area contributed by atoms with Gasteiger partial charge in [-0.3, -0.25) is 0 Å². The predicted octanol–water partition coefficient (Wildman–Crippen LogP) is 0.670. The summed E-state index contributed by atoms with van der Waals surface area (Å²) in [6.07, 6.45) is 1.11. The molecule has 0 saturated heterocycles. The number of hydrogen-bond acceptors (Lipinski definition) is 5. The Morgan fingerprint density at radius 3 is 2.25 bits per heavy atom. The first-order chi connectivity index (χ1) is 7.49. The molecule has 0 heterocycles. The van der Waals surface area contributed by atoms with Crippen molar-refractivity contribution in [2.45, 2.75) is 6.92 Å². The number of nitrogens with one attached hydrogen (secondary N) is 1. The summed E-state index contributed by atoms with van der Waals surface area (Å²) >= 11 is 0. The van der Waals surface area contributed by atoms with Crippen molar-refractivity contribution in [3.8, 4) is 0 Å². The summed E-state index contributed by atoms with van der Waals surface area (Å²) in [5.74, 6) is -0.717. The van der Waals surface area contributed by atoms with Gasteiger partial charge in [0.2, 0.25) is 0 Å². The average Bonchev–Trinajstić information content (AvgIpc) is 2.28. The fourth-order valence-corrected chi connectivity index (χ4v) is 0.452. The molecule has 0 fully saturated rings. The topological polar surface area (TPSA) is 64.6 Å². The third kappa shape index (κ3) is 12.4. The van der Waals surface area contributed by atoms with E-state index in [1.807, 2.05) is 0 Å². The summed E-state index contributed by atoms with van der Waals surface area (Å²) < 4.78 is 8.89. The second-order valence-corrected chi connectivity index (χ2v) is 2.75. The van der Waals surface area contributed by atoms with E-state index in [4.69, 9.17) is 4.74 Å². The zero-order valence-electron chi connectivity index (χ0n) is 10.0. The highest BCUT2D eigenvalue weighted by Gasteiger charge is 2.00. The van der Waals surface area contributed by atoms with E-state index in [0.717, 1.165) is 6.08 Å². The van der Waals surface area contributed by atoms with Crippen molar-refractivity contribution < 1.29 is 19.1 Å². The molecular weight excluding hydrogens is 210 g/mol. The Labute approximate surface area is 96.1 Å². The monoisotopic (exact) mass is 229 g/mol. The lowest BCUT2D eigenvalue weighted by Crippen LogP contribution is -2.17. The van der Waals surface area contributed by atoms with E-state index in [0.29, 0.717) is 18.7 Å². The van der Waals surface area contributed by atoms with Crippen molar-refractivity contribution in [3.05, 3.63) is 24.8 Å². The second kappa shape index (κ2) is 11.5. The molecule has 16 heavy (non-hydrogen) atoms. The Bertz CT molecular complexity index is 248. The molecule has 0 spiro atoms. The molecule has 92 valence electrons. The number of esters is 2. The molecule has 0 radical (unpaired) electrons. The van der Waals surface area contributed by atoms with Gasteiger partial charge in [-0.1, -0.05) is 13.2 Å². The maximum absolute atomic E-state index is 10.7. The SMILES string of the molecule is C=C(C)C(=O)OCCNC.C=CC(=O)OC. The van der Waals surface area contributed by atoms with Gasteiger partial charge in [0.25, 0.3) is 0 Å². The molecule has 0 aliphatic carbocycles. The number of ether oxygens (including phenoxy) is 2. The van der Waals surface area contributed by atoms with Crippen molar-refractivity contribution in [1.82, 2.24) is 5.32 Å². The number of carbonyl (C=O) groups is 2. The molecule has 0 bridgehead atoms. The van der Waals surface area contributed by atoms with Crippen LogP contribution in [0.4, 0.5) is 0 Å². The summed E-state index contributed by atoms with van der Waals surface area (Å²) in [7, 11) is 3.11. The van der Waals surface area contributed by atoms with Crippen LogP contribution in [0.15, 0.2) is 24.8 Å². The Balaban J connectivity index is 0. The maximum Gasteiger partial charge on any atom is 0.333 e. The summed E-state index contributed by atoms with van der Waals surface area (Å²) in [5, 5.41) is 2.86. The number of carbonyl (C=O) groups excluding carboxylic acids is 2. The molecule has 0 amide bonds. The smallest absolute Gasteiger partial charge is 0.333 e. The van der Waals surface area contributed by atoms with Crippen LogP contribution >= 0.6 is 0 Å². The van der Waals surface area contributed by atoms with Crippen LogP contribution < -0.4 is 5.32 Å². The van der Waals surface area contributed by atoms with Crippen LogP contribution in [0, 0.1) is 0 Å². The third-order valence-electron chi connectivity index (χ3n) is 1.30. The maximum atomic E-state index is 10.7. The van der Waals surface area contributed by atoms with E-state index in [1.54, 1.807) is 14.0 Å². The van der Waals surface area contributed by atoms with Gasteiger partial charge in [-0.05, 0) is 14.0 Å². The van der Waals surface area contributed by atoms with Gasteiger partial charge in [-0.25, -0.2) is 9.59 Å². The fourth-order valence-electron chi connectivity index (χ4n) is 0.452. The molecule has 0 saturated carbocycles. The quantitative estimate of drug-likeness (QED) is 0.426. The molecule has 0 aromatic heterocycles. The van der Waals surface area contributed by atoms with Crippen LogP contribution in [0.3, 0.4) is 0 Å². The molecular formula is C11H19NO4. The van der Waals surface area contributed by atoms with Gasteiger partial charge < -0.3 is 14.8 Å². The molecule has 0 aliphatic rings. The minimum atomic E-state index is -0.394. The van der Waals surface area contributed by atoms with Gasteiger partial charge in [0.1, 0.15) is 6.61 Å². The largest absolute Gasteiger partial charge is 0.466 e. The van der Waals surface area contributed by atoms with Gasteiger partial charge >= 0.3 is 11.9 Å². The molecule has 5 nitrogen and oxygen atoms in total. The summed E-state index contributed by atoms with van der Waals surface area (Å²) in [6.45, 7) is 9.31.